The van der Waals surface area contributed by atoms with Crippen LogP contribution in [0.15, 0.2) is 65.7 Å². The summed E-state index contributed by atoms with van der Waals surface area (Å²) < 4.78 is 27.4. The highest BCUT2D eigenvalue weighted by Crippen LogP contribution is 2.21. The molecule has 150 valence electrons. The van der Waals surface area contributed by atoms with Crippen molar-refractivity contribution in [1.29, 1.82) is 0 Å². The number of carbonyl (C=O) groups is 1. The van der Waals surface area contributed by atoms with E-state index in [2.05, 4.69) is 15.6 Å². The molecule has 0 radical (unpaired) electrons. The summed E-state index contributed by atoms with van der Waals surface area (Å²) in [5.41, 5.74) is 1.62. The van der Waals surface area contributed by atoms with E-state index < -0.39 is 10.0 Å². The van der Waals surface area contributed by atoms with Crippen molar-refractivity contribution in [3.63, 3.8) is 0 Å². The Morgan fingerprint density at radius 1 is 1.03 bits per heavy atom. The van der Waals surface area contributed by atoms with Crippen LogP contribution in [0.5, 0.6) is 0 Å². The highest BCUT2D eigenvalue weighted by Gasteiger charge is 2.25. The molecule has 0 spiro atoms. The normalized spacial score (nSPS) is 15.7. The van der Waals surface area contributed by atoms with Crippen molar-refractivity contribution in [2.24, 2.45) is 0 Å². The number of sulfonamides is 1. The zero-order valence-corrected chi connectivity index (χ0v) is 16.7. The second-order valence-electron chi connectivity index (χ2n) is 6.90. The molecular weight excluding hydrogens is 388 g/mol. The smallest absolute Gasteiger partial charge is 0.255 e. The van der Waals surface area contributed by atoms with Gasteiger partial charge in [0.2, 0.25) is 10.0 Å². The van der Waals surface area contributed by atoms with Gasteiger partial charge in [-0.1, -0.05) is 18.2 Å². The van der Waals surface area contributed by atoms with Crippen LogP contribution in [0.4, 0.5) is 5.69 Å². The topological polar surface area (TPSA) is 91.4 Å². The van der Waals surface area contributed by atoms with Crippen LogP contribution in [-0.2, 0) is 10.0 Å². The lowest BCUT2D eigenvalue weighted by molar-refractivity contribution is 0.102. The van der Waals surface area contributed by atoms with E-state index in [-0.39, 0.29) is 10.8 Å². The Bertz CT molecular complexity index is 1140. The van der Waals surface area contributed by atoms with Gasteiger partial charge in [-0.25, -0.2) is 8.42 Å². The molecule has 7 nitrogen and oxygen atoms in total. The fourth-order valence-corrected chi connectivity index (χ4v) is 4.88. The monoisotopic (exact) mass is 410 g/mol. The SMILES string of the molecule is O=C(Nc1cccc(S(=O)(=O)N2CCCNCC2)c1)c1ccc2cccnc2c1. The van der Waals surface area contributed by atoms with Gasteiger partial charge in [0.1, 0.15) is 0 Å². The second-order valence-corrected chi connectivity index (χ2v) is 8.84. The van der Waals surface area contributed by atoms with Gasteiger partial charge < -0.3 is 10.6 Å². The molecule has 1 aliphatic heterocycles. The minimum absolute atomic E-state index is 0.178. The molecule has 0 atom stereocenters. The Balaban J connectivity index is 1.55. The van der Waals surface area contributed by atoms with E-state index in [9.17, 15) is 13.2 Å². The van der Waals surface area contributed by atoms with E-state index in [1.807, 2.05) is 18.2 Å². The first-order chi connectivity index (χ1) is 14.0. The Hall–Kier alpha value is -2.81. The highest BCUT2D eigenvalue weighted by molar-refractivity contribution is 7.89. The molecule has 1 fully saturated rings. The zero-order valence-electron chi connectivity index (χ0n) is 15.8. The molecule has 2 aromatic carbocycles. The minimum Gasteiger partial charge on any atom is -0.322 e. The third-order valence-corrected chi connectivity index (χ3v) is 6.79. The van der Waals surface area contributed by atoms with E-state index in [1.54, 1.807) is 36.5 Å². The van der Waals surface area contributed by atoms with Crippen molar-refractivity contribution in [3.05, 3.63) is 66.4 Å². The summed E-state index contributed by atoms with van der Waals surface area (Å²) in [6.07, 6.45) is 2.45. The second kappa shape index (κ2) is 8.28. The molecule has 1 amide bonds. The lowest BCUT2D eigenvalue weighted by Crippen LogP contribution is -2.34. The highest BCUT2D eigenvalue weighted by atomic mass is 32.2. The first-order valence-corrected chi connectivity index (χ1v) is 11.0. The van der Waals surface area contributed by atoms with Gasteiger partial charge in [-0.15, -0.1) is 0 Å². The first-order valence-electron chi connectivity index (χ1n) is 9.51. The number of amides is 1. The summed E-state index contributed by atoms with van der Waals surface area (Å²) in [6.45, 7) is 2.35. The molecule has 3 aromatic rings. The van der Waals surface area contributed by atoms with Gasteiger partial charge in [0.25, 0.3) is 5.91 Å². The number of pyridine rings is 1. The first kappa shape index (κ1) is 19.5. The summed E-state index contributed by atoms with van der Waals surface area (Å²) in [5.74, 6) is -0.314. The molecular formula is C21H22N4O3S. The fraction of sp³-hybridized carbons (Fsp3) is 0.238. The van der Waals surface area contributed by atoms with E-state index in [1.165, 1.54) is 10.4 Å². The van der Waals surface area contributed by atoms with Crippen molar-refractivity contribution < 1.29 is 13.2 Å². The van der Waals surface area contributed by atoms with Gasteiger partial charge in [0.15, 0.2) is 0 Å². The van der Waals surface area contributed by atoms with E-state index in [0.29, 0.717) is 30.9 Å². The predicted octanol–water partition coefficient (Wildman–Crippen LogP) is 2.47. The van der Waals surface area contributed by atoms with Crippen molar-refractivity contribution in [2.75, 3.05) is 31.5 Å². The summed E-state index contributed by atoms with van der Waals surface area (Å²) in [6, 6.07) is 15.4. The molecule has 0 bridgehead atoms. The number of carbonyl (C=O) groups excluding carboxylic acids is 1. The maximum absolute atomic E-state index is 13.0. The third kappa shape index (κ3) is 4.29. The van der Waals surface area contributed by atoms with Crippen LogP contribution in [0.25, 0.3) is 10.9 Å². The Kier molecular flexibility index (Phi) is 5.57. The number of nitrogens with one attached hydrogen (secondary N) is 2. The molecule has 2 N–H and O–H groups in total. The van der Waals surface area contributed by atoms with Crippen molar-refractivity contribution in [1.82, 2.24) is 14.6 Å². The minimum atomic E-state index is -3.61. The average molecular weight is 410 g/mol. The maximum atomic E-state index is 13.0. The van der Waals surface area contributed by atoms with Crippen LogP contribution < -0.4 is 10.6 Å². The number of anilines is 1. The molecule has 8 heteroatoms. The number of hydrogen-bond acceptors (Lipinski definition) is 5. The average Bonchev–Trinajstić information content (AvgIpc) is 3.04. The molecule has 1 aliphatic rings. The standard InChI is InChI=1S/C21H22N4O3S/c26-21(17-8-7-16-4-2-10-23-20(16)14-17)24-18-5-1-6-19(15-18)29(27,28)25-12-3-9-22-11-13-25/h1-2,4-8,10,14-15,22H,3,9,11-13H2,(H,24,26). The van der Waals surface area contributed by atoms with E-state index in [4.69, 9.17) is 0 Å². The summed E-state index contributed by atoms with van der Waals surface area (Å²) >= 11 is 0. The largest absolute Gasteiger partial charge is 0.322 e. The van der Waals surface area contributed by atoms with Gasteiger partial charge in [-0.3, -0.25) is 9.78 Å². The summed E-state index contributed by atoms with van der Waals surface area (Å²) in [4.78, 5) is 17.1. The van der Waals surface area contributed by atoms with Gasteiger partial charge >= 0.3 is 0 Å². The molecule has 29 heavy (non-hydrogen) atoms. The predicted molar refractivity (Wildman–Crippen MR) is 112 cm³/mol. The number of benzene rings is 2. The lowest BCUT2D eigenvalue weighted by Gasteiger charge is -2.20. The quantitative estimate of drug-likeness (QED) is 0.690. The number of hydrogen-bond donors (Lipinski definition) is 2. The summed E-state index contributed by atoms with van der Waals surface area (Å²) in [5, 5.41) is 6.94. The van der Waals surface area contributed by atoms with Crippen LogP contribution in [0.3, 0.4) is 0 Å². The summed E-state index contributed by atoms with van der Waals surface area (Å²) in [7, 11) is -3.61. The molecule has 0 unspecified atom stereocenters. The van der Waals surface area contributed by atoms with Crippen LogP contribution in [0.1, 0.15) is 16.8 Å². The molecule has 2 heterocycles. The molecule has 0 aliphatic carbocycles. The van der Waals surface area contributed by atoms with Crippen LogP contribution in [0, 0.1) is 0 Å². The molecule has 1 saturated heterocycles. The van der Waals surface area contributed by atoms with Crippen LogP contribution >= 0.6 is 0 Å². The Labute approximate surface area is 169 Å². The third-order valence-electron chi connectivity index (χ3n) is 4.90. The number of nitrogens with zero attached hydrogens (tertiary/aromatic N) is 2. The van der Waals surface area contributed by atoms with Crippen LogP contribution in [0.2, 0.25) is 0 Å². The lowest BCUT2D eigenvalue weighted by atomic mass is 10.1. The van der Waals surface area contributed by atoms with Gasteiger partial charge in [-0.2, -0.15) is 4.31 Å². The van der Waals surface area contributed by atoms with Crippen LogP contribution in [-0.4, -0.2) is 49.8 Å². The number of aromatic nitrogens is 1. The van der Waals surface area contributed by atoms with Crippen molar-refractivity contribution in [2.45, 2.75) is 11.3 Å². The van der Waals surface area contributed by atoms with Gasteiger partial charge in [-0.05, 0) is 49.4 Å². The van der Waals surface area contributed by atoms with Crippen molar-refractivity contribution >= 4 is 32.5 Å². The maximum Gasteiger partial charge on any atom is 0.255 e. The van der Waals surface area contributed by atoms with E-state index >= 15 is 0 Å². The van der Waals surface area contributed by atoms with Gasteiger partial charge in [0, 0.05) is 42.5 Å². The Morgan fingerprint density at radius 2 is 1.93 bits per heavy atom. The van der Waals surface area contributed by atoms with Gasteiger partial charge in [0.05, 0.1) is 10.4 Å². The molecule has 0 saturated carbocycles. The number of rotatable bonds is 4. The zero-order chi connectivity index (χ0) is 20.3. The van der Waals surface area contributed by atoms with E-state index in [0.717, 1.165) is 23.9 Å². The molecule has 4 rings (SSSR count). The number of fused-ring (bicyclic) bond motifs is 1. The fourth-order valence-electron chi connectivity index (χ4n) is 3.36. The molecule has 1 aromatic heterocycles. The Morgan fingerprint density at radius 3 is 2.83 bits per heavy atom. The van der Waals surface area contributed by atoms with Crippen molar-refractivity contribution in [3.8, 4) is 0 Å².